The molecule has 1 amide bonds. The molecule has 4 rings (SSSR count). The minimum atomic E-state index is -3.68. The van der Waals surface area contributed by atoms with Crippen molar-refractivity contribution in [2.24, 2.45) is 0 Å². The van der Waals surface area contributed by atoms with Crippen LogP contribution in [0.15, 0.2) is 53.4 Å². The Labute approximate surface area is 161 Å². The number of carbonyl (C=O) groups excluding carboxylic acids is 1. The molecule has 0 aliphatic carbocycles. The van der Waals surface area contributed by atoms with E-state index in [2.05, 4.69) is 10.4 Å². The Hall–Kier alpha value is -3.20. The average molecular weight is 400 g/mol. The van der Waals surface area contributed by atoms with E-state index >= 15 is 0 Å². The molecule has 7 nitrogen and oxygen atoms in total. The van der Waals surface area contributed by atoms with E-state index < -0.39 is 15.8 Å². The van der Waals surface area contributed by atoms with E-state index in [-0.39, 0.29) is 17.3 Å². The second-order valence-corrected chi connectivity index (χ2v) is 8.40. The van der Waals surface area contributed by atoms with Gasteiger partial charge in [0.05, 0.1) is 10.6 Å². The first-order valence-corrected chi connectivity index (χ1v) is 9.94. The second kappa shape index (κ2) is 6.45. The van der Waals surface area contributed by atoms with E-state index in [1.807, 2.05) is 0 Å². The van der Waals surface area contributed by atoms with Gasteiger partial charge in [0.15, 0.2) is 0 Å². The van der Waals surface area contributed by atoms with Crippen LogP contribution in [-0.4, -0.2) is 31.2 Å². The predicted molar refractivity (Wildman–Crippen MR) is 103 cm³/mol. The standard InChI is InChI=1S/C19H17FN4O3S/c1-12-19-18(15-5-3-4-6-16(15)28(26,27)23(19)2)22-24(12)11-17(25)21-14-9-7-13(20)8-10-14/h3-10H,11H2,1-2H3,(H,21,25). The molecule has 0 bridgehead atoms. The third-order valence-corrected chi connectivity index (χ3v) is 6.51. The zero-order chi connectivity index (χ0) is 20.1. The van der Waals surface area contributed by atoms with Crippen LogP contribution in [-0.2, 0) is 21.4 Å². The lowest BCUT2D eigenvalue weighted by Crippen LogP contribution is -2.30. The highest BCUT2D eigenvalue weighted by Crippen LogP contribution is 2.43. The van der Waals surface area contributed by atoms with Crippen LogP contribution in [0.4, 0.5) is 15.8 Å². The molecule has 1 N–H and O–H groups in total. The number of benzene rings is 2. The molecule has 3 aromatic rings. The molecule has 2 heterocycles. The van der Waals surface area contributed by atoms with Gasteiger partial charge in [-0.3, -0.25) is 13.8 Å². The quantitative estimate of drug-likeness (QED) is 0.733. The molecular weight excluding hydrogens is 383 g/mol. The molecule has 0 spiro atoms. The van der Waals surface area contributed by atoms with Crippen molar-refractivity contribution in [3.8, 4) is 11.3 Å². The molecule has 9 heteroatoms. The Morgan fingerprint density at radius 2 is 1.82 bits per heavy atom. The number of nitrogens with zero attached hydrogens (tertiary/aromatic N) is 3. The number of anilines is 2. The molecule has 144 valence electrons. The zero-order valence-electron chi connectivity index (χ0n) is 15.2. The molecule has 0 fully saturated rings. The molecule has 1 aromatic heterocycles. The van der Waals surface area contributed by atoms with Crippen LogP contribution in [0.3, 0.4) is 0 Å². The summed E-state index contributed by atoms with van der Waals surface area (Å²) in [6, 6.07) is 12.1. The normalized spacial score (nSPS) is 14.3. The summed E-state index contributed by atoms with van der Waals surface area (Å²) in [5.74, 6) is -0.746. The summed E-state index contributed by atoms with van der Waals surface area (Å²) in [6.45, 7) is 1.61. The van der Waals surface area contributed by atoms with E-state index in [0.717, 1.165) is 0 Å². The number of nitrogens with one attached hydrogen (secondary N) is 1. The summed E-state index contributed by atoms with van der Waals surface area (Å²) in [7, 11) is -2.21. The van der Waals surface area contributed by atoms with Gasteiger partial charge >= 0.3 is 0 Å². The fraction of sp³-hybridized carbons (Fsp3) is 0.158. The first-order chi connectivity index (χ1) is 13.3. The van der Waals surface area contributed by atoms with Crippen molar-refractivity contribution >= 4 is 27.3 Å². The number of carbonyl (C=O) groups is 1. The van der Waals surface area contributed by atoms with Gasteiger partial charge in [-0.2, -0.15) is 5.10 Å². The Kier molecular flexibility index (Phi) is 4.19. The number of halogens is 1. The van der Waals surface area contributed by atoms with Gasteiger partial charge in [0.2, 0.25) is 5.91 Å². The molecule has 2 aromatic carbocycles. The highest BCUT2D eigenvalue weighted by atomic mass is 32.2. The fourth-order valence-corrected chi connectivity index (χ4v) is 4.72. The topological polar surface area (TPSA) is 84.3 Å². The van der Waals surface area contributed by atoms with Gasteiger partial charge in [0, 0.05) is 18.3 Å². The van der Waals surface area contributed by atoms with Crippen LogP contribution in [0.5, 0.6) is 0 Å². The maximum Gasteiger partial charge on any atom is 0.264 e. The van der Waals surface area contributed by atoms with Crippen LogP contribution >= 0.6 is 0 Å². The van der Waals surface area contributed by atoms with Gasteiger partial charge in [-0.15, -0.1) is 0 Å². The van der Waals surface area contributed by atoms with Crippen molar-refractivity contribution in [1.82, 2.24) is 9.78 Å². The number of aromatic nitrogens is 2. The Balaban J connectivity index is 1.69. The Morgan fingerprint density at radius 3 is 2.54 bits per heavy atom. The highest BCUT2D eigenvalue weighted by molar-refractivity contribution is 7.93. The summed E-state index contributed by atoms with van der Waals surface area (Å²) in [5, 5.41) is 7.17. The lowest BCUT2D eigenvalue weighted by atomic mass is 10.1. The molecule has 0 radical (unpaired) electrons. The van der Waals surface area contributed by atoms with Crippen LogP contribution in [0.2, 0.25) is 0 Å². The highest BCUT2D eigenvalue weighted by Gasteiger charge is 2.36. The predicted octanol–water partition coefficient (Wildman–Crippen LogP) is 2.77. The average Bonchev–Trinajstić information content (AvgIpc) is 2.98. The van der Waals surface area contributed by atoms with E-state index in [1.165, 1.54) is 40.3 Å². The van der Waals surface area contributed by atoms with Crippen molar-refractivity contribution in [2.45, 2.75) is 18.4 Å². The van der Waals surface area contributed by atoms with Crippen molar-refractivity contribution < 1.29 is 17.6 Å². The Morgan fingerprint density at radius 1 is 1.14 bits per heavy atom. The van der Waals surface area contributed by atoms with E-state index in [1.54, 1.807) is 31.2 Å². The molecule has 0 unspecified atom stereocenters. The van der Waals surface area contributed by atoms with Crippen LogP contribution < -0.4 is 9.62 Å². The van der Waals surface area contributed by atoms with Gasteiger partial charge in [-0.05, 0) is 37.3 Å². The SMILES string of the molecule is Cc1c2c(nn1CC(=O)Nc1ccc(F)cc1)-c1ccccc1S(=O)(=O)N2C. The summed E-state index contributed by atoms with van der Waals surface area (Å²) >= 11 is 0. The number of hydrogen-bond donors (Lipinski definition) is 1. The smallest absolute Gasteiger partial charge is 0.264 e. The van der Waals surface area contributed by atoms with E-state index in [0.29, 0.717) is 28.3 Å². The van der Waals surface area contributed by atoms with Crippen LogP contribution in [0.1, 0.15) is 5.69 Å². The summed E-state index contributed by atoms with van der Waals surface area (Å²) < 4.78 is 41.3. The molecule has 1 aliphatic rings. The first-order valence-electron chi connectivity index (χ1n) is 8.50. The number of hydrogen-bond acceptors (Lipinski definition) is 4. The molecule has 28 heavy (non-hydrogen) atoms. The van der Waals surface area contributed by atoms with Crippen molar-refractivity contribution in [3.05, 3.63) is 60.0 Å². The first kappa shape index (κ1) is 18.2. The van der Waals surface area contributed by atoms with Crippen molar-refractivity contribution in [3.63, 3.8) is 0 Å². The monoisotopic (exact) mass is 400 g/mol. The molecule has 0 saturated carbocycles. The van der Waals surface area contributed by atoms with Gasteiger partial charge < -0.3 is 5.32 Å². The molecule has 0 saturated heterocycles. The lowest BCUT2D eigenvalue weighted by Gasteiger charge is -2.26. The molecule has 0 atom stereocenters. The zero-order valence-corrected chi connectivity index (χ0v) is 16.0. The number of rotatable bonds is 3. The summed E-state index contributed by atoms with van der Waals surface area (Å²) in [6.07, 6.45) is 0. The molecule has 1 aliphatic heterocycles. The fourth-order valence-electron chi connectivity index (χ4n) is 3.27. The van der Waals surface area contributed by atoms with E-state index in [4.69, 9.17) is 0 Å². The van der Waals surface area contributed by atoms with Crippen molar-refractivity contribution in [2.75, 3.05) is 16.7 Å². The minimum Gasteiger partial charge on any atom is -0.324 e. The minimum absolute atomic E-state index is 0.105. The molecular formula is C19H17FN4O3S. The van der Waals surface area contributed by atoms with Gasteiger partial charge in [0.25, 0.3) is 10.0 Å². The van der Waals surface area contributed by atoms with Crippen molar-refractivity contribution in [1.29, 1.82) is 0 Å². The number of fused-ring (bicyclic) bond motifs is 3. The lowest BCUT2D eigenvalue weighted by molar-refractivity contribution is -0.116. The van der Waals surface area contributed by atoms with Crippen LogP contribution in [0.25, 0.3) is 11.3 Å². The number of amides is 1. The third kappa shape index (κ3) is 2.84. The van der Waals surface area contributed by atoms with Gasteiger partial charge in [-0.1, -0.05) is 18.2 Å². The van der Waals surface area contributed by atoms with Gasteiger partial charge in [-0.25, -0.2) is 12.8 Å². The van der Waals surface area contributed by atoms with E-state index in [9.17, 15) is 17.6 Å². The second-order valence-electron chi connectivity index (χ2n) is 6.46. The van der Waals surface area contributed by atoms with Crippen LogP contribution in [0, 0.1) is 12.7 Å². The third-order valence-electron chi connectivity index (χ3n) is 4.69. The van der Waals surface area contributed by atoms with Gasteiger partial charge in [0.1, 0.15) is 23.7 Å². The summed E-state index contributed by atoms with van der Waals surface area (Å²) in [4.78, 5) is 12.6. The Bertz CT molecular complexity index is 1190. The number of sulfonamides is 1. The summed E-state index contributed by atoms with van der Waals surface area (Å²) in [5.41, 5.74) is 2.50. The maximum atomic E-state index is 13.0. The largest absolute Gasteiger partial charge is 0.324 e. The maximum absolute atomic E-state index is 13.0.